The topological polar surface area (TPSA) is 47.3 Å². The first-order valence-corrected chi connectivity index (χ1v) is 10.1. The minimum absolute atomic E-state index is 0.0417. The average molecular weight is 420 g/mol. The van der Waals surface area contributed by atoms with Crippen molar-refractivity contribution in [3.8, 4) is 11.1 Å². The van der Waals surface area contributed by atoms with Crippen molar-refractivity contribution in [3.05, 3.63) is 63.9 Å². The highest BCUT2D eigenvalue weighted by Gasteiger charge is 2.32. The van der Waals surface area contributed by atoms with E-state index in [0.29, 0.717) is 11.2 Å². The highest BCUT2D eigenvalue weighted by Crippen LogP contribution is 2.43. The van der Waals surface area contributed by atoms with E-state index in [0.717, 1.165) is 63.6 Å². The zero-order valence-corrected chi connectivity index (χ0v) is 16.6. The maximum atomic E-state index is 13.2. The summed E-state index contributed by atoms with van der Waals surface area (Å²) in [5.74, 6) is 0.970. The number of carbonyl (C=O) groups excluding carboxylic acids is 1. The number of pyridine rings is 1. The molecule has 0 atom stereocenters. The molecule has 0 N–H and O–H groups in total. The molecule has 5 heteroatoms. The molecule has 1 aliphatic carbocycles. The summed E-state index contributed by atoms with van der Waals surface area (Å²) < 4.78 is 3.08. The normalized spacial score (nSPS) is 12.7. The van der Waals surface area contributed by atoms with Gasteiger partial charge in [0.25, 0.3) is 0 Å². The fraction of sp³-hybridized carbons (Fsp3) is 0.227. The van der Waals surface area contributed by atoms with Gasteiger partial charge in [-0.05, 0) is 30.2 Å². The van der Waals surface area contributed by atoms with Gasteiger partial charge in [0.05, 0.1) is 11.1 Å². The van der Waals surface area contributed by atoms with Crippen LogP contribution in [-0.2, 0) is 6.42 Å². The number of aryl methyl sites for hydroxylation is 1. The maximum Gasteiger partial charge on any atom is 0.198 e. The molecule has 1 aliphatic rings. The molecular weight excluding hydrogens is 402 g/mol. The molecule has 0 aliphatic heterocycles. The van der Waals surface area contributed by atoms with Crippen LogP contribution in [0.3, 0.4) is 0 Å². The molecular formula is C22H18BrN3O. The number of hydrogen-bond donors (Lipinski definition) is 0. The van der Waals surface area contributed by atoms with Gasteiger partial charge in [-0.2, -0.15) is 0 Å². The molecule has 134 valence electrons. The van der Waals surface area contributed by atoms with Gasteiger partial charge >= 0.3 is 0 Å². The predicted octanol–water partition coefficient (Wildman–Crippen LogP) is 5.59. The van der Waals surface area contributed by atoms with Crippen LogP contribution in [-0.4, -0.2) is 20.4 Å². The van der Waals surface area contributed by atoms with E-state index >= 15 is 0 Å². The Morgan fingerprint density at radius 3 is 2.63 bits per heavy atom. The fourth-order valence-corrected chi connectivity index (χ4v) is 4.47. The number of rotatable bonds is 4. The Balaban J connectivity index is 1.89. The lowest BCUT2D eigenvalue weighted by atomic mass is 10.0. The van der Waals surface area contributed by atoms with Crippen molar-refractivity contribution in [1.29, 1.82) is 0 Å². The first kappa shape index (κ1) is 16.6. The molecule has 2 heterocycles. The SMILES string of the molecule is CCCCCc1nnc2c3c(c4cc(Br)ccc4n12)-c1ccccc1C3=O. The lowest BCUT2D eigenvalue weighted by Gasteiger charge is -2.11. The van der Waals surface area contributed by atoms with Crippen LogP contribution in [0.1, 0.15) is 47.9 Å². The molecule has 0 fully saturated rings. The summed E-state index contributed by atoms with van der Waals surface area (Å²) in [6, 6.07) is 14.0. The fourth-order valence-electron chi connectivity index (χ4n) is 4.11. The minimum atomic E-state index is 0.0417. The predicted molar refractivity (Wildman–Crippen MR) is 110 cm³/mol. The van der Waals surface area contributed by atoms with Crippen LogP contribution in [0, 0.1) is 0 Å². The lowest BCUT2D eigenvalue weighted by Crippen LogP contribution is -2.03. The molecule has 2 aromatic carbocycles. The molecule has 2 aromatic heterocycles. The van der Waals surface area contributed by atoms with Gasteiger partial charge in [0.15, 0.2) is 11.4 Å². The zero-order valence-electron chi connectivity index (χ0n) is 15.0. The van der Waals surface area contributed by atoms with Crippen LogP contribution in [0.4, 0.5) is 0 Å². The summed E-state index contributed by atoms with van der Waals surface area (Å²) >= 11 is 3.59. The number of carbonyl (C=O) groups is 1. The van der Waals surface area contributed by atoms with Crippen molar-refractivity contribution < 1.29 is 4.79 Å². The monoisotopic (exact) mass is 419 g/mol. The maximum absolute atomic E-state index is 13.2. The van der Waals surface area contributed by atoms with Gasteiger partial charge in [0, 0.05) is 27.4 Å². The number of nitrogens with zero attached hydrogens (tertiary/aromatic N) is 3. The number of fused-ring (bicyclic) bond motifs is 8. The van der Waals surface area contributed by atoms with Gasteiger partial charge in [0.2, 0.25) is 0 Å². The van der Waals surface area contributed by atoms with E-state index < -0.39 is 0 Å². The van der Waals surface area contributed by atoms with Crippen LogP contribution in [0.25, 0.3) is 27.7 Å². The molecule has 5 rings (SSSR count). The third kappa shape index (κ3) is 2.38. The van der Waals surface area contributed by atoms with E-state index in [1.165, 1.54) is 0 Å². The summed E-state index contributed by atoms with van der Waals surface area (Å²) in [6.07, 6.45) is 4.25. The van der Waals surface area contributed by atoms with Gasteiger partial charge in [0.1, 0.15) is 5.82 Å². The molecule has 0 bridgehead atoms. The Hall–Kier alpha value is -2.53. The number of hydrogen-bond acceptors (Lipinski definition) is 3. The van der Waals surface area contributed by atoms with Crippen LogP contribution in [0.15, 0.2) is 46.9 Å². The van der Waals surface area contributed by atoms with Crippen molar-refractivity contribution >= 4 is 38.3 Å². The van der Waals surface area contributed by atoms with E-state index in [-0.39, 0.29) is 5.78 Å². The van der Waals surface area contributed by atoms with Gasteiger partial charge in [-0.25, -0.2) is 0 Å². The second kappa shape index (κ2) is 6.27. The van der Waals surface area contributed by atoms with Crippen molar-refractivity contribution in [2.24, 2.45) is 0 Å². The van der Waals surface area contributed by atoms with Crippen molar-refractivity contribution in [2.75, 3.05) is 0 Å². The number of aromatic nitrogens is 3. The summed E-state index contributed by atoms with van der Waals surface area (Å²) in [7, 11) is 0. The Morgan fingerprint density at radius 1 is 1.00 bits per heavy atom. The highest BCUT2D eigenvalue weighted by atomic mass is 79.9. The first-order valence-electron chi connectivity index (χ1n) is 9.34. The molecule has 0 saturated carbocycles. The number of benzene rings is 2. The molecule has 0 radical (unpaired) electrons. The number of unbranched alkanes of at least 4 members (excludes halogenated alkanes) is 2. The number of ketones is 1. The summed E-state index contributed by atoms with van der Waals surface area (Å²) in [4.78, 5) is 13.2. The molecule has 4 aromatic rings. The van der Waals surface area contributed by atoms with E-state index in [4.69, 9.17) is 0 Å². The van der Waals surface area contributed by atoms with E-state index in [2.05, 4.69) is 49.6 Å². The summed E-state index contributed by atoms with van der Waals surface area (Å²) in [5.41, 5.74) is 5.11. The quantitative estimate of drug-likeness (QED) is 0.356. The Labute approximate surface area is 165 Å². The van der Waals surface area contributed by atoms with E-state index in [9.17, 15) is 4.79 Å². The molecule has 0 spiro atoms. The van der Waals surface area contributed by atoms with Gasteiger partial charge < -0.3 is 0 Å². The van der Waals surface area contributed by atoms with Crippen LogP contribution in [0.2, 0.25) is 0 Å². The van der Waals surface area contributed by atoms with Crippen LogP contribution < -0.4 is 0 Å². The molecule has 4 nitrogen and oxygen atoms in total. The summed E-state index contributed by atoms with van der Waals surface area (Å²) in [6.45, 7) is 2.19. The Bertz CT molecular complexity index is 1230. The second-order valence-corrected chi connectivity index (χ2v) is 7.93. The van der Waals surface area contributed by atoms with Crippen molar-refractivity contribution in [2.45, 2.75) is 32.6 Å². The number of halogens is 1. The Morgan fingerprint density at radius 2 is 1.81 bits per heavy atom. The first-order chi connectivity index (χ1) is 13.2. The van der Waals surface area contributed by atoms with Gasteiger partial charge in [-0.15, -0.1) is 10.2 Å². The van der Waals surface area contributed by atoms with Gasteiger partial charge in [-0.3, -0.25) is 9.20 Å². The standard InChI is InChI=1S/C22H18BrN3O/c1-2-3-4-9-18-24-25-22-20-19(14-7-5-6-8-15(14)21(20)27)16-12-13(23)10-11-17(16)26(18)22/h5-8,10-12H,2-4,9H2,1H3. The smallest absolute Gasteiger partial charge is 0.198 e. The molecule has 0 saturated heterocycles. The third-order valence-electron chi connectivity index (χ3n) is 5.34. The lowest BCUT2D eigenvalue weighted by molar-refractivity contribution is 0.104. The molecule has 0 amide bonds. The highest BCUT2D eigenvalue weighted by molar-refractivity contribution is 9.10. The second-order valence-electron chi connectivity index (χ2n) is 7.02. The summed E-state index contributed by atoms with van der Waals surface area (Å²) in [5, 5.41) is 9.98. The van der Waals surface area contributed by atoms with E-state index in [1.54, 1.807) is 0 Å². The zero-order chi connectivity index (χ0) is 18.5. The average Bonchev–Trinajstić information content (AvgIpc) is 3.22. The molecule has 27 heavy (non-hydrogen) atoms. The van der Waals surface area contributed by atoms with E-state index in [1.807, 2.05) is 30.3 Å². The molecule has 0 unspecified atom stereocenters. The van der Waals surface area contributed by atoms with Crippen LogP contribution >= 0.6 is 15.9 Å². The van der Waals surface area contributed by atoms with Crippen molar-refractivity contribution in [1.82, 2.24) is 14.6 Å². The van der Waals surface area contributed by atoms with Crippen molar-refractivity contribution in [3.63, 3.8) is 0 Å². The largest absolute Gasteiger partial charge is 0.288 e. The van der Waals surface area contributed by atoms with Crippen LogP contribution in [0.5, 0.6) is 0 Å². The van der Waals surface area contributed by atoms with Gasteiger partial charge in [-0.1, -0.05) is 60.0 Å². The third-order valence-corrected chi connectivity index (χ3v) is 5.84. The Kier molecular flexibility index (Phi) is 3.86. The minimum Gasteiger partial charge on any atom is -0.288 e.